The van der Waals surface area contributed by atoms with Gasteiger partial charge in [-0.15, -0.1) is 13.2 Å². The molecule has 1 aromatic carbocycles. The van der Waals surface area contributed by atoms with Crippen LogP contribution in [-0.4, -0.2) is 28.7 Å². The summed E-state index contributed by atoms with van der Waals surface area (Å²) in [5.41, 5.74) is 0.493. The van der Waals surface area contributed by atoms with Gasteiger partial charge in [-0.25, -0.2) is 17.4 Å². The molecule has 0 radical (unpaired) electrons. The second-order valence-corrected chi connectivity index (χ2v) is 6.19. The number of hydrogen-bond acceptors (Lipinski definition) is 5. The van der Waals surface area contributed by atoms with Crippen LogP contribution in [-0.2, 0) is 10.0 Å². The summed E-state index contributed by atoms with van der Waals surface area (Å²) in [4.78, 5) is 7.06. The van der Waals surface area contributed by atoms with Gasteiger partial charge in [0.15, 0.2) is 0 Å². The topological polar surface area (TPSA) is 74.1 Å². The highest BCUT2D eigenvalue weighted by Gasteiger charge is 2.34. The van der Waals surface area contributed by atoms with Gasteiger partial charge in [0.05, 0.1) is 11.7 Å². The molecule has 120 valence electrons. The molecule has 10 heteroatoms. The predicted octanol–water partition coefficient (Wildman–Crippen LogP) is 2.57. The van der Waals surface area contributed by atoms with Crippen LogP contribution in [0.25, 0.3) is 11.0 Å². The van der Waals surface area contributed by atoms with Crippen molar-refractivity contribution in [2.24, 2.45) is 0 Å². The van der Waals surface area contributed by atoms with E-state index in [2.05, 4.69) is 14.7 Å². The van der Waals surface area contributed by atoms with E-state index in [1.54, 1.807) is 0 Å². The molecule has 2 aromatic heterocycles. The van der Waals surface area contributed by atoms with Gasteiger partial charge in [-0.1, -0.05) is 12.1 Å². The molecule has 2 heterocycles. The minimum Gasteiger partial charge on any atom is -0.404 e. The Balaban J connectivity index is 2.18. The summed E-state index contributed by atoms with van der Waals surface area (Å²) in [6.07, 6.45) is -1.30. The van der Waals surface area contributed by atoms with Crippen molar-refractivity contribution < 1.29 is 26.3 Å². The largest absolute Gasteiger partial charge is 0.573 e. The molecule has 6 nitrogen and oxygen atoms in total. The number of imidazole rings is 1. The molecule has 0 unspecified atom stereocenters. The molecular formula is C13H8F3N3O3S. The molecule has 0 aliphatic rings. The Morgan fingerprint density at radius 2 is 1.87 bits per heavy atom. The number of rotatable bonds is 3. The smallest absolute Gasteiger partial charge is 0.404 e. The van der Waals surface area contributed by atoms with Crippen LogP contribution in [0.15, 0.2) is 53.9 Å². The number of nitrogens with zero attached hydrogens (tertiary/aromatic N) is 3. The van der Waals surface area contributed by atoms with E-state index in [-0.39, 0.29) is 5.52 Å². The Bertz CT molecular complexity index is 967. The van der Waals surface area contributed by atoms with Gasteiger partial charge in [0.1, 0.15) is 22.5 Å². The molecule has 0 aliphatic heterocycles. The standard InChI is InChI=1S/C13H8F3N3O3S/c14-13(15,16)22-11-3-1-2-4-12(11)23(20,21)19-8-18-9-7-17-6-5-10(9)19/h1-8H. The van der Waals surface area contributed by atoms with Gasteiger partial charge in [0.2, 0.25) is 0 Å². The van der Waals surface area contributed by atoms with Gasteiger partial charge in [-0.3, -0.25) is 4.98 Å². The summed E-state index contributed by atoms with van der Waals surface area (Å²) in [5, 5.41) is 0. The zero-order valence-electron chi connectivity index (χ0n) is 11.2. The number of para-hydroxylation sites is 1. The second-order valence-electron chi connectivity index (χ2n) is 4.40. The number of alkyl halides is 3. The predicted molar refractivity (Wildman–Crippen MR) is 73.2 cm³/mol. The number of aromatic nitrogens is 3. The summed E-state index contributed by atoms with van der Waals surface area (Å²) in [5.74, 6) is -0.809. The van der Waals surface area contributed by atoms with E-state index in [1.165, 1.54) is 30.6 Å². The third kappa shape index (κ3) is 2.84. The minimum absolute atomic E-state index is 0.196. The van der Waals surface area contributed by atoms with Crippen LogP contribution in [0.5, 0.6) is 5.75 Å². The number of pyridine rings is 1. The van der Waals surface area contributed by atoms with Gasteiger partial charge < -0.3 is 4.74 Å². The number of fused-ring (bicyclic) bond motifs is 1. The molecule has 0 atom stereocenters. The summed E-state index contributed by atoms with van der Waals surface area (Å²) in [7, 11) is -4.32. The van der Waals surface area contributed by atoms with Crippen LogP contribution < -0.4 is 4.74 Å². The zero-order valence-corrected chi connectivity index (χ0v) is 12.0. The van der Waals surface area contributed by atoms with Gasteiger partial charge >= 0.3 is 6.36 Å². The fourth-order valence-corrected chi connectivity index (χ4v) is 3.42. The second kappa shape index (κ2) is 5.23. The highest BCUT2D eigenvalue weighted by atomic mass is 32.2. The lowest BCUT2D eigenvalue weighted by atomic mass is 10.3. The Morgan fingerprint density at radius 1 is 1.13 bits per heavy atom. The Kier molecular flexibility index (Phi) is 3.48. The van der Waals surface area contributed by atoms with E-state index in [9.17, 15) is 21.6 Å². The first-order chi connectivity index (χ1) is 10.8. The maximum absolute atomic E-state index is 12.7. The van der Waals surface area contributed by atoms with Gasteiger partial charge in [0.25, 0.3) is 10.0 Å². The molecule has 0 spiro atoms. The van der Waals surface area contributed by atoms with Crippen molar-refractivity contribution in [1.82, 2.24) is 13.9 Å². The van der Waals surface area contributed by atoms with Crippen molar-refractivity contribution in [3.63, 3.8) is 0 Å². The van der Waals surface area contributed by atoms with Crippen molar-refractivity contribution in [3.8, 4) is 5.75 Å². The molecule has 0 fully saturated rings. The number of ether oxygens (including phenoxy) is 1. The average molecular weight is 343 g/mol. The monoisotopic (exact) mass is 343 g/mol. The molecule has 0 bridgehead atoms. The fraction of sp³-hybridized carbons (Fsp3) is 0.0769. The van der Waals surface area contributed by atoms with E-state index in [0.29, 0.717) is 5.52 Å². The Morgan fingerprint density at radius 3 is 2.61 bits per heavy atom. The molecule has 0 aliphatic carbocycles. The maximum Gasteiger partial charge on any atom is 0.573 e. The molecular weight excluding hydrogens is 335 g/mol. The molecule has 3 rings (SSSR count). The molecule has 0 saturated heterocycles. The first kappa shape index (κ1) is 15.3. The van der Waals surface area contributed by atoms with Crippen LogP contribution in [0.4, 0.5) is 13.2 Å². The Labute approximate surface area is 128 Å². The van der Waals surface area contributed by atoms with Gasteiger partial charge in [0, 0.05) is 6.20 Å². The lowest BCUT2D eigenvalue weighted by Gasteiger charge is -2.14. The highest BCUT2D eigenvalue weighted by molar-refractivity contribution is 7.90. The van der Waals surface area contributed by atoms with Crippen molar-refractivity contribution in [2.75, 3.05) is 0 Å². The van der Waals surface area contributed by atoms with E-state index in [0.717, 1.165) is 22.4 Å². The molecule has 3 aromatic rings. The number of halogens is 3. The normalized spacial score (nSPS) is 12.5. The quantitative estimate of drug-likeness (QED) is 0.731. The minimum atomic E-state index is -5.01. The van der Waals surface area contributed by atoms with E-state index < -0.39 is 27.0 Å². The van der Waals surface area contributed by atoms with Crippen LogP contribution >= 0.6 is 0 Å². The zero-order chi connectivity index (χ0) is 16.7. The summed E-state index contributed by atoms with van der Waals surface area (Å²) in [6.45, 7) is 0. The van der Waals surface area contributed by atoms with Crippen LogP contribution in [0.3, 0.4) is 0 Å². The van der Waals surface area contributed by atoms with Gasteiger partial charge in [-0.2, -0.15) is 0 Å². The third-order valence-electron chi connectivity index (χ3n) is 2.93. The van der Waals surface area contributed by atoms with Crippen molar-refractivity contribution in [1.29, 1.82) is 0 Å². The van der Waals surface area contributed by atoms with Crippen molar-refractivity contribution >= 4 is 21.1 Å². The first-order valence-corrected chi connectivity index (χ1v) is 7.60. The van der Waals surface area contributed by atoms with Crippen molar-refractivity contribution in [2.45, 2.75) is 11.3 Å². The van der Waals surface area contributed by atoms with Crippen molar-refractivity contribution in [3.05, 3.63) is 49.1 Å². The fourth-order valence-electron chi connectivity index (χ4n) is 2.01. The lowest BCUT2D eigenvalue weighted by Crippen LogP contribution is -2.20. The SMILES string of the molecule is O=S(=O)(c1ccccc1OC(F)(F)F)n1cnc2cnccc21. The van der Waals surface area contributed by atoms with Gasteiger partial charge in [-0.05, 0) is 18.2 Å². The summed E-state index contributed by atoms with van der Waals surface area (Å²) >= 11 is 0. The molecule has 0 amide bonds. The highest BCUT2D eigenvalue weighted by Crippen LogP contribution is 2.31. The third-order valence-corrected chi connectivity index (χ3v) is 4.63. The van der Waals surface area contributed by atoms with Crippen LogP contribution in [0.1, 0.15) is 0 Å². The summed E-state index contributed by atoms with van der Waals surface area (Å²) in [6, 6.07) is 5.91. The molecule has 0 saturated carbocycles. The van der Waals surface area contributed by atoms with E-state index >= 15 is 0 Å². The van der Waals surface area contributed by atoms with Crippen LogP contribution in [0, 0.1) is 0 Å². The average Bonchev–Trinajstić information content (AvgIpc) is 2.90. The number of benzene rings is 1. The maximum atomic E-state index is 12.7. The van der Waals surface area contributed by atoms with E-state index in [4.69, 9.17) is 0 Å². The Hall–Kier alpha value is -2.62. The molecule has 23 heavy (non-hydrogen) atoms. The molecule has 0 N–H and O–H groups in total. The van der Waals surface area contributed by atoms with Crippen LogP contribution in [0.2, 0.25) is 0 Å². The first-order valence-electron chi connectivity index (χ1n) is 6.16. The van der Waals surface area contributed by atoms with E-state index in [1.807, 2.05) is 0 Å². The lowest BCUT2D eigenvalue weighted by molar-refractivity contribution is -0.275. The number of hydrogen-bond donors (Lipinski definition) is 0. The summed E-state index contributed by atoms with van der Waals surface area (Å²) < 4.78 is 67.3.